The van der Waals surface area contributed by atoms with E-state index >= 15 is 0 Å². The Morgan fingerprint density at radius 3 is 2.43 bits per heavy atom. The van der Waals surface area contributed by atoms with Gasteiger partial charge in [0, 0.05) is 50.3 Å². The molecule has 144 valence electrons. The molecule has 8 heteroatoms. The van der Waals surface area contributed by atoms with Gasteiger partial charge in [0.1, 0.15) is 23.3 Å². The summed E-state index contributed by atoms with van der Waals surface area (Å²) >= 11 is 0. The average Bonchev–Trinajstić information content (AvgIpc) is 3.22. The molecule has 1 aliphatic heterocycles. The number of hydrogen-bond donors (Lipinski definition) is 1. The maximum Gasteiger partial charge on any atom is 0.321 e. The van der Waals surface area contributed by atoms with E-state index in [1.54, 1.807) is 17.0 Å². The Hall–Kier alpha value is -3.42. The van der Waals surface area contributed by atoms with Crippen molar-refractivity contribution in [3.63, 3.8) is 0 Å². The van der Waals surface area contributed by atoms with E-state index in [1.165, 1.54) is 12.1 Å². The molecule has 2 aromatic heterocycles. The number of aryl methyl sites for hydroxylation is 1. The fraction of sp³-hybridized carbons (Fsp3) is 0.250. The molecular weight excluding hydrogens is 359 g/mol. The maximum absolute atomic E-state index is 13.3. The minimum atomic E-state index is -0.375. The summed E-state index contributed by atoms with van der Waals surface area (Å²) in [5.74, 6) is 1.99. The van der Waals surface area contributed by atoms with Crippen molar-refractivity contribution in [1.82, 2.24) is 19.4 Å². The molecule has 0 bridgehead atoms. The van der Waals surface area contributed by atoms with Gasteiger partial charge in [-0.1, -0.05) is 6.07 Å². The van der Waals surface area contributed by atoms with E-state index in [9.17, 15) is 9.18 Å². The van der Waals surface area contributed by atoms with Gasteiger partial charge < -0.3 is 19.7 Å². The van der Waals surface area contributed by atoms with E-state index in [4.69, 9.17) is 0 Å². The number of carbonyl (C=O) groups is 1. The van der Waals surface area contributed by atoms with Gasteiger partial charge in [-0.3, -0.25) is 0 Å². The normalized spacial score (nSPS) is 14.2. The molecule has 3 aromatic rings. The number of aromatic nitrogens is 3. The monoisotopic (exact) mass is 380 g/mol. The highest BCUT2D eigenvalue weighted by atomic mass is 19.1. The summed E-state index contributed by atoms with van der Waals surface area (Å²) in [7, 11) is 0. The van der Waals surface area contributed by atoms with Crippen molar-refractivity contribution in [3.8, 4) is 5.82 Å². The van der Waals surface area contributed by atoms with Gasteiger partial charge in [-0.2, -0.15) is 0 Å². The second kappa shape index (κ2) is 7.67. The first-order valence-electron chi connectivity index (χ1n) is 9.14. The number of anilines is 2. The quantitative estimate of drug-likeness (QED) is 0.758. The van der Waals surface area contributed by atoms with Crippen LogP contribution < -0.4 is 10.2 Å². The molecule has 4 rings (SSSR count). The van der Waals surface area contributed by atoms with Crippen LogP contribution in [0.15, 0.2) is 54.9 Å². The van der Waals surface area contributed by atoms with Crippen LogP contribution in [0.2, 0.25) is 0 Å². The van der Waals surface area contributed by atoms with Gasteiger partial charge in [0.15, 0.2) is 0 Å². The molecule has 0 aliphatic carbocycles. The van der Waals surface area contributed by atoms with Crippen LogP contribution in [0.5, 0.6) is 0 Å². The summed E-state index contributed by atoms with van der Waals surface area (Å²) in [6, 6.07) is 11.5. The summed E-state index contributed by atoms with van der Waals surface area (Å²) in [6.07, 6.45) is 3.89. The fourth-order valence-corrected chi connectivity index (χ4v) is 3.23. The third-order valence-corrected chi connectivity index (χ3v) is 4.65. The first-order valence-corrected chi connectivity index (χ1v) is 9.14. The second-order valence-corrected chi connectivity index (χ2v) is 6.64. The van der Waals surface area contributed by atoms with Gasteiger partial charge in [0.05, 0.1) is 0 Å². The van der Waals surface area contributed by atoms with Crippen molar-refractivity contribution >= 4 is 17.5 Å². The predicted molar refractivity (Wildman–Crippen MR) is 105 cm³/mol. The second-order valence-electron chi connectivity index (χ2n) is 6.64. The maximum atomic E-state index is 13.3. The Morgan fingerprint density at radius 1 is 1.00 bits per heavy atom. The van der Waals surface area contributed by atoms with Crippen LogP contribution in [0, 0.1) is 12.7 Å². The molecule has 1 aliphatic rings. The van der Waals surface area contributed by atoms with E-state index in [0.29, 0.717) is 37.7 Å². The molecule has 2 amide bonds. The van der Waals surface area contributed by atoms with Gasteiger partial charge in [0.25, 0.3) is 0 Å². The van der Waals surface area contributed by atoms with Crippen molar-refractivity contribution in [3.05, 3.63) is 66.5 Å². The standard InChI is InChI=1S/C20H21FN6O/c1-15-22-18(25-7-2-3-8-25)14-19(23-15)26-9-11-27(12-10-26)20(28)24-17-6-4-5-16(21)13-17/h2-8,13-14H,9-12H2,1H3,(H,24,28). The lowest BCUT2D eigenvalue weighted by Gasteiger charge is -2.35. The van der Waals surface area contributed by atoms with E-state index in [1.807, 2.05) is 42.1 Å². The van der Waals surface area contributed by atoms with Gasteiger partial charge in [-0.25, -0.2) is 19.2 Å². The number of carbonyl (C=O) groups excluding carboxylic acids is 1. The Bertz CT molecular complexity index is 967. The van der Waals surface area contributed by atoms with Crippen molar-refractivity contribution in [1.29, 1.82) is 0 Å². The number of nitrogens with zero attached hydrogens (tertiary/aromatic N) is 5. The number of amides is 2. The number of hydrogen-bond acceptors (Lipinski definition) is 4. The van der Waals surface area contributed by atoms with Crippen LogP contribution in [0.25, 0.3) is 5.82 Å². The molecule has 0 spiro atoms. The molecule has 28 heavy (non-hydrogen) atoms. The van der Waals surface area contributed by atoms with Crippen LogP contribution in [-0.2, 0) is 0 Å². The number of nitrogens with one attached hydrogen (secondary N) is 1. The highest BCUT2D eigenvalue weighted by Gasteiger charge is 2.22. The zero-order valence-electron chi connectivity index (χ0n) is 15.5. The molecule has 7 nitrogen and oxygen atoms in total. The molecular formula is C20H21FN6O. The Kier molecular flexibility index (Phi) is 4.92. The summed E-state index contributed by atoms with van der Waals surface area (Å²) in [5, 5.41) is 2.74. The van der Waals surface area contributed by atoms with Gasteiger partial charge in [-0.15, -0.1) is 0 Å². The highest BCUT2D eigenvalue weighted by molar-refractivity contribution is 5.89. The third-order valence-electron chi connectivity index (χ3n) is 4.65. The number of rotatable bonds is 3. The lowest BCUT2D eigenvalue weighted by molar-refractivity contribution is 0.208. The molecule has 0 saturated carbocycles. The topological polar surface area (TPSA) is 66.3 Å². The highest BCUT2D eigenvalue weighted by Crippen LogP contribution is 2.18. The molecule has 1 fully saturated rings. The average molecular weight is 380 g/mol. The summed E-state index contributed by atoms with van der Waals surface area (Å²) in [6.45, 7) is 4.32. The fourth-order valence-electron chi connectivity index (χ4n) is 3.23. The summed E-state index contributed by atoms with van der Waals surface area (Å²) in [5.41, 5.74) is 0.454. The van der Waals surface area contributed by atoms with E-state index in [2.05, 4.69) is 20.2 Å². The van der Waals surface area contributed by atoms with Gasteiger partial charge in [0.2, 0.25) is 0 Å². The summed E-state index contributed by atoms with van der Waals surface area (Å²) < 4.78 is 15.2. The Morgan fingerprint density at radius 2 is 1.71 bits per heavy atom. The number of benzene rings is 1. The van der Waals surface area contributed by atoms with Crippen LogP contribution in [0.3, 0.4) is 0 Å². The predicted octanol–water partition coefficient (Wildman–Crippen LogP) is 3.07. The third kappa shape index (κ3) is 3.95. The van der Waals surface area contributed by atoms with Crippen molar-refractivity contribution in [2.45, 2.75) is 6.92 Å². The number of halogens is 1. The zero-order valence-corrected chi connectivity index (χ0v) is 15.5. The first kappa shape index (κ1) is 18.0. The summed E-state index contributed by atoms with van der Waals surface area (Å²) in [4.78, 5) is 25.3. The Balaban J connectivity index is 1.41. The lowest BCUT2D eigenvalue weighted by Crippen LogP contribution is -2.50. The largest absolute Gasteiger partial charge is 0.353 e. The smallest absolute Gasteiger partial charge is 0.321 e. The molecule has 3 heterocycles. The molecule has 1 N–H and O–H groups in total. The van der Waals surface area contributed by atoms with E-state index in [0.717, 1.165) is 11.6 Å². The SMILES string of the molecule is Cc1nc(N2CCN(C(=O)Nc3cccc(F)c3)CC2)cc(-n2cccc2)n1. The Labute approximate surface area is 162 Å². The minimum Gasteiger partial charge on any atom is -0.353 e. The van der Waals surface area contributed by atoms with Crippen LogP contribution in [0.4, 0.5) is 20.7 Å². The van der Waals surface area contributed by atoms with Crippen molar-refractivity contribution in [2.75, 3.05) is 36.4 Å². The van der Waals surface area contributed by atoms with Crippen LogP contribution >= 0.6 is 0 Å². The van der Waals surface area contributed by atoms with Crippen LogP contribution in [-0.4, -0.2) is 51.6 Å². The lowest BCUT2D eigenvalue weighted by atomic mass is 10.3. The minimum absolute atomic E-state index is 0.225. The van der Waals surface area contributed by atoms with Gasteiger partial charge in [-0.05, 0) is 37.3 Å². The molecule has 0 radical (unpaired) electrons. The zero-order chi connectivity index (χ0) is 19.5. The van der Waals surface area contributed by atoms with E-state index < -0.39 is 0 Å². The van der Waals surface area contributed by atoms with Gasteiger partial charge >= 0.3 is 6.03 Å². The molecule has 1 aromatic carbocycles. The number of urea groups is 1. The number of piperazine rings is 1. The first-order chi connectivity index (χ1) is 13.6. The molecule has 1 saturated heterocycles. The molecule has 0 unspecified atom stereocenters. The van der Waals surface area contributed by atoms with Crippen molar-refractivity contribution < 1.29 is 9.18 Å². The van der Waals surface area contributed by atoms with Crippen LogP contribution in [0.1, 0.15) is 5.82 Å². The van der Waals surface area contributed by atoms with E-state index in [-0.39, 0.29) is 11.8 Å². The van der Waals surface area contributed by atoms with Crippen molar-refractivity contribution in [2.24, 2.45) is 0 Å². The molecule has 0 atom stereocenters.